The number of fused-ring (bicyclic) bond motifs is 1. The molecule has 2 saturated heterocycles. The largest absolute Gasteiger partial charge is 0.433 e. The standard InChI is InChI=1S/C22H18ClF5N4O3/c23-12-3-13(24)11(2-14(12)25)18(9-6-35-7-9)21-5-10(21)1-16(19(29)33)32(21)20(34)15-4-17(22(26,27)28)31-8-30-15/h2-4,8-10,16,18H,1,5-7H2,(H2,29,33)/t10?,16?,18-,21?/m1/s1. The molecule has 1 saturated carbocycles. The quantitative estimate of drug-likeness (QED) is 0.486. The Morgan fingerprint density at radius 2 is 1.89 bits per heavy atom. The molecule has 4 atom stereocenters. The number of carbonyl (C=O) groups excluding carboxylic acids is 2. The number of ether oxygens (including phenoxy) is 1. The third kappa shape index (κ3) is 3.74. The normalized spacial score (nSPS) is 26.7. The van der Waals surface area contributed by atoms with Crippen LogP contribution in [0.2, 0.25) is 5.02 Å². The fraction of sp³-hybridized carbons (Fsp3) is 0.455. The Morgan fingerprint density at radius 1 is 1.17 bits per heavy atom. The Labute approximate surface area is 200 Å². The van der Waals surface area contributed by atoms with Gasteiger partial charge in [-0.2, -0.15) is 13.2 Å². The van der Waals surface area contributed by atoms with Crippen LogP contribution in [-0.2, 0) is 15.7 Å². The van der Waals surface area contributed by atoms with Gasteiger partial charge in [-0.1, -0.05) is 11.6 Å². The molecule has 3 unspecified atom stereocenters. The summed E-state index contributed by atoms with van der Waals surface area (Å²) in [5.74, 6) is -4.96. The molecule has 3 aliphatic rings. The summed E-state index contributed by atoms with van der Waals surface area (Å²) in [6.07, 6.45) is -3.76. The minimum Gasteiger partial charge on any atom is -0.381 e. The highest BCUT2D eigenvalue weighted by Crippen LogP contribution is 2.67. The number of benzene rings is 1. The lowest BCUT2D eigenvalue weighted by molar-refractivity contribution is -0.141. The van der Waals surface area contributed by atoms with Crippen molar-refractivity contribution >= 4 is 23.4 Å². The van der Waals surface area contributed by atoms with Gasteiger partial charge in [0.1, 0.15) is 35.4 Å². The second-order valence-corrected chi connectivity index (χ2v) is 9.48. The summed E-state index contributed by atoms with van der Waals surface area (Å²) in [5, 5.41) is -0.422. The monoisotopic (exact) mass is 516 g/mol. The van der Waals surface area contributed by atoms with E-state index >= 15 is 4.39 Å². The van der Waals surface area contributed by atoms with Crippen LogP contribution in [-0.4, -0.2) is 51.5 Å². The summed E-state index contributed by atoms with van der Waals surface area (Å²) >= 11 is 5.73. The number of piperidine rings is 1. The number of aromatic nitrogens is 2. The smallest absolute Gasteiger partial charge is 0.381 e. The summed E-state index contributed by atoms with van der Waals surface area (Å²) < 4.78 is 74.4. The molecule has 186 valence electrons. The van der Waals surface area contributed by atoms with Gasteiger partial charge in [0.2, 0.25) is 5.91 Å². The van der Waals surface area contributed by atoms with Crippen LogP contribution < -0.4 is 5.73 Å². The van der Waals surface area contributed by atoms with Gasteiger partial charge in [-0.3, -0.25) is 9.59 Å². The Morgan fingerprint density at radius 3 is 2.49 bits per heavy atom. The van der Waals surface area contributed by atoms with Gasteiger partial charge in [0.05, 0.1) is 23.8 Å². The molecule has 5 rings (SSSR count). The molecular weight excluding hydrogens is 499 g/mol. The third-order valence-electron chi connectivity index (χ3n) is 7.16. The van der Waals surface area contributed by atoms with Gasteiger partial charge in [0.25, 0.3) is 5.91 Å². The Balaban J connectivity index is 1.63. The van der Waals surface area contributed by atoms with Crippen molar-refractivity contribution in [2.24, 2.45) is 17.6 Å². The molecule has 3 fully saturated rings. The topological polar surface area (TPSA) is 98.4 Å². The van der Waals surface area contributed by atoms with Crippen molar-refractivity contribution in [2.75, 3.05) is 13.2 Å². The molecule has 2 aromatic rings. The van der Waals surface area contributed by atoms with Crippen LogP contribution in [0, 0.1) is 23.5 Å². The molecule has 0 radical (unpaired) electrons. The Hall–Kier alpha value is -2.86. The van der Waals surface area contributed by atoms with E-state index in [1.807, 2.05) is 0 Å². The van der Waals surface area contributed by atoms with Crippen molar-refractivity contribution in [1.29, 1.82) is 0 Å². The predicted molar refractivity (Wildman–Crippen MR) is 110 cm³/mol. The summed E-state index contributed by atoms with van der Waals surface area (Å²) in [7, 11) is 0. The zero-order valence-electron chi connectivity index (χ0n) is 17.9. The van der Waals surface area contributed by atoms with Crippen LogP contribution >= 0.6 is 11.6 Å². The number of amides is 2. The molecule has 35 heavy (non-hydrogen) atoms. The number of likely N-dealkylation sites (tertiary alicyclic amines) is 1. The van der Waals surface area contributed by atoms with E-state index in [0.717, 1.165) is 17.0 Å². The number of alkyl halides is 3. The molecule has 1 aliphatic carbocycles. The van der Waals surface area contributed by atoms with E-state index in [2.05, 4.69) is 9.97 Å². The molecule has 2 aliphatic heterocycles. The van der Waals surface area contributed by atoms with E-state index in [1.165, 1.54) is 0 Å². The first-order valence-corrected chi connectivity index (χ1v) is 11.1. The molecular formula is C22H18ClF5N4O3. The average Bonchev–Trinajstić information content (AvgIpc) is 3.37. The second kappa shape index (κ2) is 8.09. The number of nitrogens with two attached hydrogens (primary N) is 1. The van der Waals surface area contributed by atoms with E-state index in [9.17, 15) is 27.2 Å². The van der Waals surface area contributed by atoms with Gasteiger partial charge in [-0.25, -0.2) is 18.7 Å². The lowest BCUT2D eigenvalue weighted by atomic mass is 9.76. The fourth-order valence-electron chi connectivity index (χ4n) is 5.59. The van der Waals surface area contributed by atoms with Gasteiger partial charge < -0.3 is 15.4 Å². The van der Waals surface area contributed by atoms with E-state index in [0.29, 0.717) is 18.8 Å². The van der Waals surface area contributed by atoms with E-state index in [-0.39, 0.29) is 37.0 Å². The number of nitrogens with zero attached hydrogens (tertiary/aromatic N) is 3. The van der Waals surface area contributed by atoms with Crippen molar-refractivity contribution in [2.45, 2.75) is 36.5 Å². The SMILES string of the molecule is NC(=O)C1CC2CC2([C@@H](c2cc(F)c(Cl)cc2F)C2COC2)N1C(=O)c1cc(C(F)(F)F)ncn1. The minimum absolute atomic E-state index is 0.0516. The molecule has 0 spiro atoms. The third-order valence-corrected chi connectivity index (χ3v) is 7.45. The minimum atomic E-state index is -4.83. The first kappa shape index (κ1) is 23.9. The van der Waals surface area contributed by atoms with E-state index < -0.39 is 63.5 Å². The van der Waals surface area contributed by atoms with E-state index in [1.54, 1.807) is 0 Å². The summed E-state index contributed by atoms with van der Waals surface area (Å²) in [5.41, 5.74) is 2.40. The molecule has 7 nitrogen and oxygen atoms in total. The average molecular weight is 517 g/mol. The Kier molecular flexibility index (Phi) is 5.51. The van der Waals surface area contributed by atoms with Crippen molar-refractivity contribution in [3.05, 3.63) is 58.1 Å². The Bertz CT molecular complexity index is 1220. The number of halogens is 6. The molecule has 13 heteroatoms. The van der Waals surface area contributed by atoms with Gasteiger partial charge >= 0.3 is 6.18 Å². The first-order valence-electron chi connectivity index (χ1n) is 10.7. The van der Waals surface area contributed by atoms with Crippen LogP contribution in [0.5, 0.6) is 0 Å². The lowest BCUT2D eigenvalue weighted by Crippen LogP contribution is -2.55. The fourth-order valence-corrected chi connectivity index (χ4v) is 5.75. The highest BCUT2D eigenvalue weighted by molar-refractivity contribution is 6.30. The highest BCUT2D eigenvalue weighted by atomic mass is 35.5. The van der Waals surface area contributed by atoms with Gasteiger partial charge in [0, 0.05) is 17.9 Å². The van der Waals surface area contributed by atoms with Crippen molar-refractivity contribution in [1.82, 2.24) is 14.9 Å². The highest BCUT2D eigenvalue weighted by Gasteiger charge is 2.72. The molecule has 1 aromatic carbocycles. The second-order valence-electron chi connectivity index (χ2n) is 9.07. The van der Waals surface area contributed by atoms with Gasteiger partial charge in [-0.15, -0.1) is 0 Å². The first-order chi connectivity index (χ1) is 16.4. The van der Waals surface area contributed by atoms with E-state index in [4.69, 9.17) is 22.1 Å². The number of hydrogen-bond acceptors (Lipinski definition) is 5. The molecule has 1 aromatic heterocycles. The zero-order valence-corrected chi connectivity index (χ0v) is 18.6. The van der Waals surface area contributed by atoms with Gasteiger partial charge in [-0.05, 0) is 36.5 Å². The maximum atomic E-state index is 15.1. The molecule has 0 bridgehead atoms. The maximum Gasteiger partial charge on any atom is 0.433 e. The number of carbonyl (C=O) groups is 2. The molecule has 2 N–H and O–H groups in total. The molecule has 2 amide bonds. The number of rotatable bonds is 5. The van der Waals surface area contributed by atoms with Crippen molar-refractivity contribution < 1.29 is 36.3 Å². The van der Waals surface area contributed by atoms with Gasteiger partial charge in [0.15, 0.2) is 0 Å². The van der Waals surface area contributed by atoms with Crippen molar-refractivity contribution in [3.8, 4) is 0 Å². The van der Waals surface area contributed by atoms with Crippen molar-refractivity contribution in [3.63, 3.8) is 0 Å². The van der Waals surface area contributed by atoms with Crippen LogP contribution in [0.15, 0.2) is 24.5 Å². The molecule has 3 heterocycles. The predicted octanol–water partition coefficient (Wildman–Crippen LogP) is 3.32. The van der Waals surface area contributed by atoms with Crippen LogP contribution in [0.25, 0.3) is 0 Å². The lowest BCUT2D eigenvalue weighted by Gasteiger charge is -2.44. The van der Waals surface area contributed by atoms with Crippen LogP contribution in [0.4, 0.5) is 22.0 Å². The zero-order chi connectivity index (χ0) is 25.3. The summed E-state index contributed by atoms with van der Waals surface area (Å²) in [6, 6.07) is 1.12. The van der Waals surface area contributed by atoms with Crippen LogP contribution in [0.3, 0.4) is 0 Å². The number of hydrogen-bond donors (Lipinski definition) is 1. The summed E-state index contributed by atoms with van der Waals surface area (Å²) in [4.78, 5) is 33.9. The number of primary amides is 1. The summed E-state index contributed by atoms with van der Waals surface area (Å²) in [6.45, 7) is 0.385. The maximum absolute atomic E-state index is 15.1. The van der Waals surface area contributed by atoms with Crippen LogP contribution in [0.1, 0.15) is 40.5 Å².